The van der Waals surface area contributed by atoms with Crippen LogP contribution in [-0.4, -0.2) is 45.4 Å². The van der Waals surface area contributed by atoms with Crippen LogP contribution in [-0.2, 0) is 17.5 Å². The van der Waals surface area contributed by atoms with E-state index < -0.39 is 11.7 Å². The summed E-state index contributed by atoms with van der Waals surface area (Å²) in [5, 5.41) is 5.99. The fraction of sp³-hybridized carbons (Fsp3) is 0.588. The molecule has 1 saturated heterocycles. The van der Waals surface area contributed by atoms with Crippen molar-refractivity contribution in [1.82, 2.24) is 10.6 Å². The molecule has 0 saturated carbocycles. The Kier molecular flexibility index (Phi) is 6.52. The molecule has 1 aromatic rings. The van der Waals surface area contributed by atoms with Gasteiger partial charge in [0.25, 0.3) is 0 Å². The molecular weight excluding hydrogens is 333 g/mol. The Bertz CT molecular complexity index is 596. The number of guanidine groups is 1. The first-order chi connectivity index (χ1) is 11.8. The standard InChI is InChI=1S/C17H25F3N4O/c1-12(2)23-16(21-3)22-11-13-4-5-14(10-15(13)17(18,19)20)24-6-8-25-9-7-24/h4-5,10,12H,6-9,11H2,1-3H3,(H2,21,22,23). The topological polar surface area (TPSA) is 48.9 Å². The lowest BCUT2D eigenvalue weighted by Gasteiger charge is -2.29. The van der Waals surface area contributed by atoms with Gasteiger partial charge in [0.05, 0.1) is 18.8 Å². The summed E-state index contributed by atoms with van der Waals surface area (Å²) in [5.41, 5.74) is 0.143. The molecule has 0 amide bonds. The predicted octanol–water partition coefficient (Wildman–Crippen LogP) is 2.62. The van der Waals surface area contributed by atoms with E-state index in [0.717, 1.165) is 0 Å². The Morgan fingerprint density at radius 1 is 1.28 bits per heavy atom. The van der Waals surface area contributed by atoms with E-state index in [1.807, 2.05) is 18.7 Å². The number of nitrogens with one attached hydrogen (secondary N) is 2. The molecule has 1 aliphatic heterocycles. The van der Waals surface area contributed by atoms with Crippen molar-refractivity contribution in [1.29, 1.82) is 0 Å². The Morgan fingerprint density at radius 2 is 1.96 bits per heavy atom. The van der Waals surface area contributed by atoms with E-state index in [4.69, 9.17) is 4.74 Å². The van der Waals surface area contributed by atoms with Crippen molar-refractivity contribution in [2.45, 2.75) is 32.6 Å². The molecule has 0 bridgehead atoms. The van der Waals surface area contributed by atoms with E-state index in [2.05, 4.69) is 15.6 Å². The van der Waals surface area contributed by atoms with Crippen LogP contribution in [0.25, 0.3) is 0 Å². The number of ether oxygens (including phenoxy) is 1. The van der Waals surface area contributed by atoms with E-state index >= 15 is 0 Å². The molecule has 8 heteroatoms. The van der Waals surface area contributed by atoms with Gasteiger partial charge in [0.1, 0.15) is 0 Å². The highest BCUT2D eigenvalue weighted by molar-refractivity contribution is 5.79. The van der Waals surface area contributed by atoms with E-state index in [1.54, 1.807) is 13.1 Å². The molecule has 0 radical (unpaired) electrons. The summed E-state index contributed by atoms with van der Waals surface area (Å²) < 4.78 is 45.7. The summed E-state index contributed by atoms with van der Waals surface area (Å²) in [4.78, 5) is 5.93. The molecule has 0 spiro atoms. The van der Waals surface area contributed by atoms with Crippen LogP contribution in [0.15, 0.2) is 23.2 Å². The number of halogens is 3. The van der Waals surface area contributed by atoms with Crippen LogP contribution in [0.3, 0.4) is 0 Å². The van der Waals surface area contributed by atoms with Gasteiger partial charge in [-0.15, -0.1) is 0 Å². The van der Waals surface area contributed by atoms with Crippen molar-refractivity contribution in [3.63, 3.8) is 0 Å². The Morgan fingerprint density at radius 3 is 2.52 bits per heavy atom. The summed E-state index contributed by atoms with van der Waals surface area (Å²) in [5.74, 6) is 0.473. The smallest absolute Gasteiger partial charge is 0.378 e. The quantitative estimate of drug-likeness (QED) is 0.642. The number of aliphatic imine (C=N–C) groups is 1. The molecule has 0 atom stereocenters. The first-order valence-corrected chi connectivity index (χ1v) is 8.31. The number of hydrogen-bond acceptors (Lipinski definition) is 3. The fourth-order valence-electron chi connectivity index (χ4n) is 2.65. The lowest BCUT2D eigenvalue weighted by Crippen LogP contribution is -2.40. The third-order valence-electron chi connectivity index (χ3n) is 3.87. The fourth-order valence-corrected chi connectivity index (χ4v) is 2.65. The van der Waals surface area contributed by atoms with Gasteiger partial charge in [-0.05, 0) is 31.5 Å². The van der Waals surface area contributed by atoms with E-state index in [0.29, 0.717) is 38.0 Å². The van der Waals surface area contributed by atoms with Crippen LogP contribution >= 0.6 is 0 Å². The summed E-state index contributed by atoms with van der Waals surface area (Å²) in [6.45, 7) is 6.17. The Balaban J connectivity index is 2.19. The molecule has 1 heterocycles. The maximum absolute atomic E-state index is 13.5. The molecule has 25 heavy (non-hydrogen) atoms. The maximum atomic E-state index is 13.5. The number of anilines is 1. The summed E-state index contributed by atoms with van der Waals surface area (Å²) in [7, 11) is 1.59. The molecule has 0 aromatic heterocycles. The van der Waals surface area contributed by atoms with E-state index in [1.165, 1.54) is 12.1 Å². The van der Waals surface area contributed by atoms with Crippen molar-refractivity contribution in [2.75, 3.05) is 38.3 Å². The SMILES string of the molecule is CN=C(NCc1ccc(N2CCOCC2)cc1C(F)(F)F)NC(C)C. The number of benzene rings is 1. The van der Waals surface area contributed by atoms with Gasteiger partial charge in [-0.1, -0.05) is 6.07 Å². The van der Waals surface area contributed by atoms with Crippen molar-refractivity contribution >= 4 is 11.6 Å². The van der Waals surface area contributed by atoms with Gasteiger partial charge >= 0.3 is 6.18 Å². The first kappa shape index (κ1) is 19.4. The zero-order valence-electron chi connectivity index (χ0n) is 14.8. The average Bonchev–Trinajstić information content (AvgIpc) is 2.58. The van der Waals surface area contributed by atoms with Gasteiger partial charge < -0.3 is 20.3 Å². The van der Waals surface area contributed by atoms with Crippen molar-refractivity contribution in [3.05, 3.63) is 29.3 Å². The minimum atomic E-state index is -4.41. The van der Waals surface area contributed by atoms with Gasteiger partial charge in [0.2, 0.25) is 0 Å². The van der Waals surface area contributed by atoms with Gasteiger partial charge in [-0.3, -0.25) is 4.99 Å². The lowest BCUT2D eigenvalue weighted by atomic mass is 10.0. The van der Waals surface area contributed by atoms with Crippen molar-refractivity contribution in [3.8, 4) is 0 Å². The highest BCUT2D eigenvalue weighted by Gasteiger charge is 2.34. The summed E-state index contributed by atoms with van der Waals surface area (Å²) in [6, 6.07) is 4.62. The predicted molar refractivity (Wildman–Crippen MR) is 92.9 cm³/mol. The second-order valence-corrected chi connectivity index (χ2v) is 6.16. The average molecular weight is 358 g/mol. The van der Waals surface area contributed by atoms with E-state index in [9.17, 15) is 13.2 Å². The molecule has 1 aromatic carbocycles. The highest BCUT2D eigenvalue weighted by Crippen LogP contribution is 2.34. The number of hydrogen-bond donors (Lipinski definition) is 2. The normalized spacial score (nSPS) is 16.3. The minimum absolute atomic E-state index is 0.0463. The van der Waals surface area contributed by atoms with Gasteiger partial charge in [-0.25, -0.2) is 0 Å². The van der Waals surface area contributed by atoms with Crippen LogP contribution in [0.2, 0.25) is 0 Å². The van der Waals surface area contributed by atoms with E-state index in [-0.39, 0.29) is 18.2 Å². The molecule has 2 rings (SSSR count). The number of rotatable bonds is 4. The number of alkyl halides is 3. The molecule has 1 aliphatic rings. The van der Waals surface area contributed by atoms with Crippen molar-refractivity contribution < 1.29 is 17.9 Å². The third-order valence-corrected chi connectivity index (χ3v) is 3.87. The summed E-state index contributed by atoms with van der Waals surface area (Å²) >= 11 is 0. The molecular formula is C17H25F3N4O. The molecule has 140 valence electrons. The lowest BCUT2D eigenvalue weighted by molar-refractivity contribution is -0.138. The molecule has 0 aliphatic carbocycles. The van der Waals surface area contributed by atoms with Gasteiger partial charge in [0, 0.05) is 38.4 Å². The van der Waals surface area contributed by atoms with Crippen LogP contribution in [0.5, 0.6) is 0 Å². The summed E-state index contributed by atoms with van der Waals surface area (Å²) in [6.07, 6.45) is -4.41. The number of morpholine rings is 1. The highest BCUT2D eigenvalue weighted by atomic mass is 19.4. The maximum Gasteiger partial charge on any atom is 0.416 e. The second kappa shape index (κ2) is 8.42. The Labute approximate surface area is 146 Å². The van der Waals surface area contributed by atoms with Gasteiger partial charge in [-0.2, -0.15) is 13.2 Å². The van der Waals surface area contributed by atoms with Gasteiger partial charge in [0.15, 0.2) is 5.96 Å². The molecule has 0 unspecified atom stereocenters. The Hall–Kier alpha value is -1.96. The first-order valence-electron chi connectivity index (χ1n) is 8.31. The number of nitrogens with zero attached hydrogens (tertiary/aromatic N) is 2. The van der Waals surface area contributed by atoms with Crippen LogP contribution < -0.4 is 15.5 Å². The largest absolute Gasteiger partial charge is 0.416 e. The van der Waals surface area contributed by atoms with Crippen LogP contribution in [0.1, 0.15) is 25.0 Å². The van der Waals surface area contributed by atoms with Crippen molar-refractivity contribution in [2.24, 2.45) is 4.99 Å². The monoisotopic (exact) mass is 358 g/mol. The molecule has 5 nitrogen and oxygen atoms in total. The minimum Gasteiger partial charge on any atom is -0.378 e. The van der Waals surface area contributed by atoms with Crippen LogP contribution in [0, 0.1) is 0 Å². The third kappa shape index (κ3) is 5.52. The molecule has 2 N–H and O–H groups in total. The second-order valence-electron chi connectivity index (χ2n) is 6.16. The molecule has 1 fully saturated rings. The zero-order chi connectivity index (χ0) is 18.4. The van der Waals surface area contributed by atoms with Crippen LogP contribution in [0.4, 0.5) is 18.9 Å². The zero-order valence-corrected chi connectivity index (χ0v) is 14.8.